The Morgan fingerprint density at radius 2 is 1.81 bits per heavy atom. The summed E-state index contributed by atoms with van der Waals surface area (Å²) in [4.78, 5) is 27.7. The Bertz CT molecular complexity index is 1180. The van der Waals surface area contributed by atoms with Crippen LogP contribution in [0.4, 0.5) is 10.2 Å². The predicted octanol–water partition coefficient (Wildman–Crippen LogP) is 5.59. The van der Waals surface area contributed by atoms with E-state index in [9.17, 15) is 14.0 Å². The Kier molecular flexibility index (Phi) is 8.85. The van der Waals surface area contributed by atoms with Crippen molar-refractivity contribution >= 4 is 17.6 Å². The van der Waals surface area contributed by atoms with E-state index in [0.29, 0.717) is 18.1 Å². The van der Waals surface area contributed by atoms with Gasteiger partial charge in [0.15, 0.2) is 0 Å². The van der Waals surface area contributed by atoms with Gasteiger partial charge in [-0.2, -0.15) is 5.10 Å². The van der Waals surface area contributed by atoms with E-state index in [2.05, 4.69) is 12.2 Å². The normalized spacial score (nSPS) is 11.3. The average Bonchev–Trinajstić information content (AvgIpc) is 3.27. The first kappa shape index (κ1) is 26.9. The van der Waals surface area contributed by atoms with Gasteiger partial charge in [-0.1, -0.05) is 46.6 Å². The first-order valence-corrected chi connectivity index (χ1v) is 12.2. The van der Waals surface area contributed by atoms with Crippen LogP contribution >= 0.6 is 0 Å². The Hall–Kier alpha value is -3.68. The fraction of sp³-hybridized carbons (Fsp3) is 0.393. The van der Waals surface area contributed by atoms with E-state index in [1.165, 1.54) is 23.1 Å². The zero-order valence-corrected chi connectivity index (χ0v) is 21.7. The molecular weight excluding hydrogens is 459 g/mol. The Morgan fingerprint density at radius 1 is 1.08 bits per heavy atom. The summed E-state index contributed by atoms with van der Waals surface area (Å²) in [7, 11) is 1.60. The monoisotopic (exact) mass is 494 g/mol. The molecule has 2 aromatic carbocycles. The van der Waals surface area contributed by atoms with Crippen molar-refractivity contribution in [2.24, 2.45) is 0 Å². The number of unbranched alkanes of at least 4 members (excludes halogenated alkanes) is 2. The van der Waals surface area contributed by atoms with E-state index in [1.807, 2.05) is 51.1 Å². The largest absolute Gasteiger partial charge is 0.497 e. The molecule has 0 aliphatic carbocycles. The predicted molar refractivity (Wildman–Crippen MR) is 139 cm³/mol. The first-order chi connectivity index (χ1) is 17.1. The molecule has 192 valence electrons. The highest BCUT2D eigenvalue weighted by molar-refractivity contribution is 5.99. The summed E-state index contributed by atoms with van der Waals surface area (Å²) in [6.07, 6.45) is 2.65. The number of methoxy groups -OCH3 is 1. The van der Waals surface area contributed by atoms with E-state index in [0.717, 1.165) is 30.6 Å². The molecule has 0 aliphatic heterocycles. The highest BCUT2D eigenvalue weighted by Crippen LogP contribution is 2.27. The van der Waals surface area contributed by atoms with E-state index in [4.69, 9.17) is 9.84 Å². The van der Waals surface area contributed by atoms with E-state index in [-0.39, 0.29) is 29.3 Å². The van der Waals surface area contributed by atoms with Crippen LogP contribution < -0.4 is 10.1 Å². The Balaban J connectivity index is 1.85. The van der Waals surface area contributed by atoms with Crippen molar-refractivity contribution in [3.05, 3.63) is 71.7 Å². The summed E-state index contributed by atoms with van der Waals surface area (Å²) >= 11 is 0. The highest BCUT2D eigenvalue weighted by Gasteiger charge is 2.23. The molecule has 0 fully saturated rings. The average molecular weight is 495 g/mol. The molecule has 0 saturated heterocycles. The number of carbonyl (C=O) groups excluding carboxylic acids is 2. The van der Waals surface area contributed by atoms with Gasteiger partial charge < -0.3 is 15.0 Å². The molecule has 1 N–H and O–H groups in total. The van der Waals surface area contributed by atoms with Crippen LogP contribution in [0.25, 0.3) is 5.69 Å². The van der Waals surface area contributed by atoms with Gasteiger partial charge in [-0.3, -0.25) is 9.59 Å². The zero-order valence-electron chi connectivity index (χ0n) is 21.7. The van der Waals surface area contributed by atoms with Gasteiger partial charge >= 0.3 is 0 Å². The summed E-state index contributed by atoms with van der Waals surface area (Å²) in [6, 6.07) is 14.8. The molecule has 0 spiro atoms. The lowest BCUT2D eigenvalue weighted by Gasteiger charge is -2.22. The van der Waals surface area contributed by atoms with Crippen LogP contribution in [-0.4, -0.2) is 46.7 Å². The third-order valence-electron chi connectivity index (χ3n) is 5.79. The number of halogens is 1. The maximum Gasteiger partial charge on any atom is 0.254 e. The minimum atomic E-state index is -0.489. The Morgan fingerprint density at radius 3 is 2.42 bits per heavy atom. The summed E-state index contributed by atoms with van der Waals surface area (Å²) < 4.78 is 20.7. The smallest absolute Gasteiger partial charge is 0.254 e. The van der Waals surface area contributed by atoms with Crippen molar-refractivity contribution in [2.75, 3.05) is 25.5 Å². The lowest BCUT2D eigenvalue weighted by atomic mass is 9.92. The Labute approximate surface area is 212 Å². The molecule has 0 radical (unpaired) electrons. The van der Waals surface area contributed by atoms with Crippen LogP contribution in [0.3, 0.4) is 0 Å². The zero-order chi connectivity index (χ0) is 26.3. The minimum Gasteiger partial charge on any atom is -0.497 e. The number of rotatable bonds is 10. The molecule has 36 heavy (non-hydrogen) atoms. The van der Waals surface area contributed by atoms with Gasteiger partial charge in [0.05, 0.1) is 18.5 Å². The van der Waals surface area contributed by atoms with Gasteiger partial charge in [-0.25, -0.2) is 9.07 Å². The molecule has 2 amide bonds. The van der Waals surface area contributed by atoms with Gasteiger partial charge in [-0.05, 0) is 48.9 Å². The minimum absolute atomic E-state index is 0.155. The number of carbonyl (C=O) groups is 2. The van der Waals surface area contributed by atoms with Crippen LogP contribution in [0.5, 0.6) is 5.75 Å². The summed E-state index contributed by atoms with van der Waals surface area (Å²) in [5, 5.41) is 7.66. The number of hydrogen-bond donors (Lipinski definition) is 1. The van der Waals surface area contributed by atoms with E-state index < -0.39 is 5.82 Å². The number of ether oxygens (including phenoxy) is 1. The second-order valence-electron chi connectivity index (χ2n) is 9.77. The maximum atomic E-state index is 13.7. The number of anilines is 1. The molecular formula is C28H35FN4O3. The van der Waals surface area contributed by atoms with Crippen molar-refractivity contribution in [3.63, 3.8) is 0 Å². The van der Waals surface area contributed by atoms with Gasteiger partial charge in [0.25, 0.3) is 5.91 Å². The van der Waals surface area contributed by atoms with Crippen molar-refractivity contribution in [3.8, 4) is 11.4 Å². The van der Waals surface area contributed by atoms with Gasteiger partial charge in [0.2, 0.25) is 5.91 Å². The van der Waals surface area contributed by atoms with Crippen molar-refractivity contribution in [2.45, 2.75) is 52.4 Å². The SMILES string of the molecule is CCCCCN(CC(=O)Nc1cc(C(C)(C)C)nn1-c1ccc(OC)cc1)C(=O)c1cccc(F)c1. The van der Waals surface area contributed by atoms with E-state index >= 15 is 0 Å². The lowest BCUT2D eigenvalue weighted by Crippen LogP contribution is -2.39. The highest BCUT2D eigenvalue weighted by atomic mass is 19.1. The summed E-state index contributed by atoms with van der Waals surface area (Å²) in [5.41, 5.74) is 1.55. The standard InChI is InChI=1S/C28H35FN4O3/c1-6-7-8-16-32(27(35)20-10-9-11-21(29)17-20)19-26(34)30-25-18-24(28(2,3)4)31-33(25)22-12-14-23(36-5)15-13-22/h9-15,17-18H,6-8,16,19H2,1-5H3,(H,30,34). The third kappa shape index (κ3) is 6.93. The van der Waals surface area contributed by atoms with Crippen LogP contribution in [0.15, 0.2) is 54.6 Å². The molecule has 0 atom stereocenters. The molecule has 8 heteroatoms. The van der Waals surface area contributed by atoms with Crippen molar-refractivity contribution in [1.82, 2.24) is 14.7 Å². The summed E-state index contributed by atoms with van der Waals surface area (Å²) in [5.74, 6) is -0.00370. The van der Waals surface area contributed by atoms with Gasteiger partial charge in [-0.15, -0.1) is 0 Å². The number of hydrogen-bond acceptors (Lipinski definition) is 4. The van der Waals surface area contributed by atoms with Crippen molar-refractivity contribution < 1.29 is 18.7 Å². The molecule has 7 nitrogen and oxygen atoms in total. The van der Waals surface area contributed by atoms with E-state index in [1.54, 1.807) is 17.9 Å². The number of nitrogens with one attached hydrogen (secondary N) is 1. The quantitative estimate of drug-likeness (QED) is 0.373. The lowest BCUT2D eigenvalue weighted by molar-refractivity contribution is -0.117. The number of aromatic nitrogens is 2. The van der Waals surface area contributed by atoms with Crippen LogP contribution in [-0.2, 0) is 10.2 Å². The van der Waals surface area contributed by atoms with Crippen LogP contribution in [0.1, 0.15) is 63.0 Å². The van der Waals surface area contributed by atoms with Gasteiger partial charge in [0.1, 0.15) is 23.9 Å². The molecule has 0 unspecified atom stereocenters. The fourth-order valence-corrected chi connectivity index (χ4v) is 3.72. The number of nitrogens with zero attached hydrogens (tertiary/aromatic N) is 3. The topological polar surface area (TPSA) is 76.5 Å². The first-order valence-electron chi connectivity index (χ1n) is 12.2. The fourth-order valence-electron chi connectivity index (χ4n) is 3.72. The molecule has 0 aliphatic rings. The third-order valence-corrected chi connectivity index (χ3v) is 5.79. The number of amides is 2. The number of benzene rings is 2. The molecule has 0 saturated carbocycles. The second kappa shape index (κ2) is 11.8. The van der Waals surface area contributed by atoms with Crippen molar-refractivity contribution in [1.29, 1.82) is 0 Å². The molecule has 3 rings (SSSR count). The molecule has 3 aromatic rings. The maximum absolute atomic E-state index is 13.7. The van der Waals surface area contributed by atoms with Crippen LogP contribution in [0, 0.1) is 5.82 Å². The van der Waals surface area contributed by atoms with Gasteiger partial charge in [0, 0.05) is 23.6 Å². The second-order valence-corrected chi connectivity index (χ2v) is 9.77. The summed E-state index contributed by atoms with van der Waals surface area (Å²) in [6.45, 7) is 8.46. The molecule has 1 heterocycles. The molecule has 1 aromatic heterocycles. The molecule has 0 bridgehead atoms. The van der Waals surface area contributed by atoms with Crippen LogP contribution in [0.2, 0.25) is 0 Å².